The Kier molecular flexibility index (Phi) is 2.25. The summed E-state index contributed by atoms with van der Waals surface area (Å²) in [6, 6.07) is 0. The largest absolute Gasteiger partial charge is 0.481 e. The summed E-state index contributed by atoms with van der Waals surface area (Å²) >= 11 is 0. The van der Waals surface area contributed by atoms with Gasteiger partial charge in [-0.1, -0.05) is 5.21 Å². The van der Waals surface area contributed by atoms with Crippen molar-refractivity contribution in [2.24, 2.45) is 0 Å². The number of aryl methyl sites for hydroxylation is 1. The van der Waals surface area contributed by atoms with Gasteiger partial charge in [0.15, 0.2) is 5.65 Å². The second kappa shape index (κ2) is 3.66. The van der Waals surface area contributed by atoms with Gasteiger partial charge in [0.05, 0.1) is 12.8 Å². The van der Waals surface area contributed by atoms with Gasteiger partial charge in [-0.2, -0.15) is 9.50 Å². The highest BCUT2D eigenvalue weighted by atomic mass is 16.5. The summed E-state index contributed by atoms with van der Waals surface area (Å²) in [6.45, 7) is 3.78. The first-order valence-corrected chi connectivity index (χ1v) is 5.67. The second-order valence-electron chi connectivity index (χ2n) is 4.44. The van der Waals surface area contributed by atoms with Crippen molar-refractivity contribution in [3.63, 3.8) is 0 Å². The summed E-state index contributed by atoms with van der Waals surface area (Å²) in [6.07, 6.45) is 0.941. The molecule has 0 saturated heterocycles. The number of nitrogens with zero attached hydrogens (tertiary/aromatic N) is 5. The van der Waals surface area contributed by atoms with Gasteiger partial charge in [0.25, 0.3) is 0 Å². The molecule has 0 aromatic carbocycles. The van der Waals surface area contributed by atoms with Gasteiger partial charge in [0.2, 0.25) is 5.88 Å². The summed E-state index contributed by atoms with van der Waals surface area (Å²) in [5.74, 6) is 0.714. The Hall–Kier alpha value is -1.69. The zero-order chi connectivity index (χ0) is 12.0. The molecule has 6 nitrogen and oxygen atoms in total. The molecule has 0 radical (unpaired) electrons. The van der Waals surface area contributed by atoms with Crippen LogP contribution in [0.1, 0.15) is 17.0 Å². The lowest BCUT2D eigenvalue weighted by Gasteiger charge is -2.25. The Balaban J connectivity index is 2.32. The van der Waals surface area contributed by atoms with Gasteiger partial charge < -0.3 is 9.64 Å². The summed E-state index contributed by atoms with van der Waals surface area (Å²) in [4.78, 5) is 6.75. The molecule has 1 aliphatic rings. The maximum Gasteiger partial charge on any atom is 0.220 e. The highest BCUT2D eigenvalue weighted by Gasteiger charge is 2.23. The molecule has 0 saturated carbocycles. The van der Waals surface area contributed by atoms with E-state index in [2.05, 4.69) is 27.2 Å². The van der Waals surface area contributed by atoms with Crippen LogP contribution in [0.25, 0.3) is 5.65 Å². The maximum atomic E-state index is 5.38. The first kappa shape index (κ1) is 10.5. The molecule has 0 spiro atoms. The molecule has 2 aromatic heterocycles. The summed E-state index contributed by atoms with van der Waals surface area (Å²) in [7, 11) is 3.77. The maximum absolute atomic E-state index is 5.38. The molecule has 0 unspecified atom stereocenters. The number of hydrogen-bond donors (Lipinski definition) is 0. The van der Waals surface area contributed by atoms with Crippen LogP contribution in [-0.2, 0) is 13.0 Å². The Morgan fingerprint density at radius 1 is 1.35 bits per heavy atom. The van der Waals surface area contributed by atoms with Crippen molar-refractivity contribution in [1.82, 2.24) is 24.7 Å². The first-order chi connectivity index (χ1) is 8.20. The fourth-order valence-corrected chi connectivity index (χ4v) is 2.30. The molecule has 90 valence electrons. The van der Waals surface area contributed by atoms with E-state index < -0.39 is 0 Å². The Morgan fingerprint density at radius 2 is 2.18 bits per heavy atom. The number of likely N-dealkylation sites (N-methyl/N-ethyl adjacent to an activating group) is 1. The molecule has 0 atom stereocenters. The summed E-state index contributed by atoms with van der Waals surface area (Å²) in [5, 5.41) is 8.24. The van der Waals surface area contributed by atoms with Crippen molar-refractivity contribution >= 4 is 5.65 Å². The van der Waals surface area contributed by atoms with Crippen LogP contribution in [0, 0.1) is 6.92 Å². The Labute approximate surface area is 99.2 Å². The molecule has 6 heteroatoms. The minimum Gasteiger partial charge on any atom is -0.481 e. The zero-order valence-electron chi connectivity index (χ0n) is 10.3. The van der Waals surface area contributed by atoms with E-state index in [9.17, 15) is 0 Å². The van der Waals surface area contributed by atoms with Crippen LogP contribution >= 0.6 is 0 Å². The van der Waals surface area contributed by atoms with Crippen molar-refractivity contribution in [3.8, 4) is 5.88 Å². The van der Waals surface area contributed by atoms with Crippen LogP contribution < -0.4 is 4.74 Å². The normalized spacial score (nSPS) is 16.2. The fraction of sp³-hybridized carbons (Fsp3) is 0.545. The minimum atomic E-state index is 0.714. The van der Waals surface area contributed by atoms with E-state index in [0.29, 0.717) is 5.88 Å². The van der Waals surface area contributed by atoms with Crippen molar-refractivity contribution in [2.75, 3.05) is 20.7 Å². The minimum absolute atomic E-state index is 0.714. The lowest BCUT2D eigenvalue weighted by Crippen LogP contribution is -2.29. The molecule has 1 aliphatic heterocycles. The molecule has 0 N–H and O–H groups in total. The third-order valence-corrected chi connectivity index (χ3v) is 3.23. The van der Waals surface area contributed by atoms with Crippen LogP contribution in [0.2, 0.25) is 0 Å². The average Bonchev–Trinajstić information content (AvgIpc) is 2.70. The van der Waals surface area contributed by atoms with E-state index in [-0.39, 0.29) is 0 Å². The van der Waals surface area contributed by atoms with E-state index in [1.54, 1.807) is 7.11 Å². The highest BCUT2D eigenvalue weighted by Crippen LogP contribution is 2.26. The third kappa shape index (κ3) is 1.48. The third-order valence-electron chi connectivity index (χ3n) is 3.23. The predicted octanol–water partition coefficient (Wildman–Crippen LogP) is 0.429. The van der Waals surface area contributed by atoms with E-state index in [1.807, 2.05) is 11.4 Å². The highest BCUT2D eigenvalue weighted by molar-refractivity contribution is 5.49. The predicted molar refractivity (Wildman–Crippen MR) is 62.1 cm³/mol. The molecule has 0 aliphatic carbocycles. The van der Waals surface area contributed by atoms with Gasteiger partial charge in [-0.25, -0.2) is 0 Å². The van der Waals surface area contributed by atoms with Crippen LogP contribution in [0.3, 0.4) is 0 Å². The van der Waals surface area contributed by atoms with E-state index in [0.717, 1.165) is 42.1 Å². The van der Waals surface area contributed by atoms with Crippen molar-refractivity contribution < 1.29 is 4.74 Å². The molecular weight excluding hydrogens is 218 g/mol. The fourth-order valence-electron chi connectivity index (χ4n) is 2.30. The van der Waals surface area contributed by atoms with Crippen LogP contribution in [0.5, 0.6) is 5.88 Å². The Morgan fingerprint density at radius 3 is 2.94 bits per heavy atom. The van der Waals surface area contributed by atoms with Crippen molar-refractivity contribution in [2.45, 2.75) is 19.9 Å². The van der Waals surface area contributed by atoms with Gasteiger partial charge in [-0.15, -0.1) is 5.10 Å². The van der Waals surface area contributed by atoms with Gasteiger partial charge >= 0.3 is 0 Å². The molecule has 3 heterocycles. The zero-order valence-corrected chi connectivity index (χ0v) is 10.3. The summed E-state index contributed by atoms with van der Waals surface area (Å²) < 4.78 is 7.22. The van der Waals surface area contributed by atoms with Crippen molar-refractivity contribution in [1.29, 1.82) is 0 Å². The average molecular weight is 233 g/mol. The van der Waals surface area contributed by atoms with Crippen LogP contribution in [-0.4, -0.2) is 45.4 Å². The van der Waals surface area contributed by atoms with Gasteiger partial charge in [-0.3, -0.25) is 0 Å². The van der Waals surface area contributed by atoms with Gasteiger partial charge in [0.1, 0.15) is 5.69 Å². The van der Waals surface area contributed by atoms with E-state index >= 15 is 0 Å². The first-order valence-electron chi connectivity index (χ1n) is 5.67. The number of aromatic nitrogens is 4. The monoisotopic (exact) mass is 233 g/mol. The lowest BCUT2D eigenvalue weighted by molar-refractivity contribution is 0.294. The smallest absolute Gasteiger partial charge is 0.220 e. The number of methoxy groups -OCH3 is 1. The molecule has 0 bridgehead atoms. The number of fused-ring (bicyclic) bond motifs is 3. The van der Waals surface area contributed by atoms with Gasteiger partial charge in [-0.05, 0) is 20.4 Å². The molecular formula is C11H15N5O. The van der Waals surface area contributed by atoms with E-state index in [1.165, 1.54) is 0 Å². The number of ether oxygens (including phenoxy) is 1. The molecule has 17 heavy (non-hydrogen) atoms. The molecule has 2 aromatic rings. The summed E-state index contributed by atoms with van der Waals surface area (Å²) in [5.41, 5.74) is 3.92. The second-order valence-corrected chi connectivity index (χ2v) is 4.44. The van der Waals surface area contributed by atoms with Gasteiger partial charge in [0, 0.05) is 18.7 Å². The number of hydrogen-bond acceptors (Lipinski definition) is 5. The van der Waals surface area contributed by atoms with Crippen LogP contribution in [0.4, 0.5) is 0 Å². The lowest BCUT2D eigenvalue weighted by atomic mass is 10.1. The quantitative estimate of drug-likeness (QED) is 0.715. The molecule has 3 rings (SSSR count). The Bertz CT molecular complexity index is 577. The number of rotatable bonds is 1. The molecule has 0 fully saturated rings. The standard InChI is InChI=1S/C11H15N5O/c1-7-10-12-11(17-3)8-4-5-15(2)6-9(8)16(10)14-13-7/h4-6H2,1-3H3. The topological polar surface area (TPSA) is 55.6 Å². The molecule has 0 amide bonds. The van der Waals surface area contributed by atoms with Crippen LogP contribution in [0.15, 0.2) is 0 Å². The van der Waals surface area contributed by atoms with E-state index in [4.69, 9.17) is 4.74 Å². The van der Waals surface area contributed by atoms with Crippen molar-refractivity contribution in [3.05, 3.63) is 17.0 Å². The SMILES string of the molecule is COc1nc2c(C)nnn2c2c1CCN(C)C2.